The maximum Gasteiger partial charge on any atom is 0.124 e. The zero-order chi connectivity index (χ0) is 12.3. The van der Waals surface area contributed by atoms with E-state index in [1.807, 2.05) is 6.07 Å². The third-order valence-corrected chi connectivity index (χ3v) is 4.51. The maximum atomic E-state index is 13.1. The molecule has 0 aromatic heterocycles. The van der Waals surface area contributed by atoms with Crippen molar-refractivity contribution in [1.29, 1.82) is 0 Å². The van der Waals surface area contributed by atoms with Crippen LogP contribution in [-0.2, 0) is 0 Å². The molecule has 2 unspecified atom stereocenters. The van der Waals surface area contributed by atoms with E-state index >= 15 is 0 Å². The number of benzene rings is 1. The van der Waals surface area contributed by atoms with Crippen molar-refractivity contribution in [3.05, 3.63) is 30.1 Å². The van der Waals surface area contributed by atoms with Crippen molar-refractivity contribution in [3.63, 3.8) is 0 Å². The van der Waals surface area contributed by atoms with E-state index in [1.165, 1.54) is 6.07 Å². The maximum absolute atomic E-state index is 13.1. The lowest BCUT2D eigenvalue weighted by atomic mass is 9.83. The number of hydrogen-bond donors (Lipinski definition) is 2. The van der Waals surface area contributed by atoms with Crippen LogP contribution < -0.4 is 5.73 Å². The Kier molecular flexibility index (Phi) is 4.07. The molecule has 0 radical (unpaired) electrons. The molecule has 1 aromatic rings. The van der Waals surface area contributed by atoms with Gasteiger partial charge in [0.25, 0.3) is 0 Å². The molecule has 17 heavy (non-hydrogen) atoms. The van der Waals surface area contributed by atoms with E-state index in [2.05, 4.69) is 0 Å². The quantitative estimate of drug-likeness (QED) is 0.872. The summed E-state index contributed by atoms with van der Waals surface area (Å²) in [4.78, 5) is 0.942. The molecule has 1 aliphatic rings. The summed E-state index contributed by atoms with van der Waals surface area (Å²) >= 11 is 1.67. The predicted molar refractivity (Wildman–Crippen MR) is 68.5 cm³/mol. The van der Waals surface area contributed by atoms with Crippen LogP contribution in [-0.4, -0.2) is 22.5 Å². The summed E-state index contributed by atoms with van der Waals surface area (Å²) in [5, 5.41) is 9.66. The molecular weight excluding hydrogens is 237 g/mol. The van der Waals surface area contributed by atoms with Gasteiger partial charge in [-0.2, -0.15) is 0 Å². The number of hydrogen-bond acceptors (Lipinski definition) is 3. The highest BCUT2D eigenvalue weighted by atomic mass is 32.2. The summed E-state index contributed by atoms with van der Waals surface area (Å²) < 4.78 is 13.1. The second kappa shape index (κ2) is 5.38. The summed E-state index contributed by atoms with van der Waals surface area (Å²) in [5.74, 6) is -0.202. The lowest BCUT2D eigenvalue weighted by Gasteiger charge is -2.36. The topological polar surface area (TPSA) is 46.2 Å². The third kappa shape index (κ3) is 3.44. The Morgan fingerprint density at radius 2 is 2.35 bits per heavy atom. The number of nitrogens with two attached hydrogens (primary N) is 1. The first kappa shape index (κ1) is 12.9. The standard InChI is InChI=1S/C13H18FNOS/c14-10-3-1-4-11(7-10)17-12-5-2-6-13(15,8-12)9-16/h1,3-4,7,12,16H,2,5-6,8-9,15H2. The molecule has 0 aliphatic heterocycles. The first-order valence-electron chi connectivity index (χ1n) is 5.93. The van der Waals surface area contributed by atoms with Crippen molar-refractivity contribution in [2.45, 2.75) is 41.4 Å². The van der Waals surface area contributed by atoms with Gasteiger partial charge in [0.2, 0.25) is 0 Å². The van der Waals surface area contributed by atoms with Crippen LogP contribution in [0.3, 0.4) is 0 Å². The number of halogens is 1. The first-order valence-corrected chi connectivity index (χ1v) is 6.81. The highest BCUT2D eigenvalue weighted by molar-refractivity contribution is 8.00. The molecule has 2 atom stereocenters. The van der Waals surface area contributed by atoms with E-state index in [-0.39, 0.29) is 12.4 Å². The van der Waals surface area contributed by atoms with Gasteiger partial charge >= 0.3 is 0 Å². The van der Waals surface area contributed by atoms with E-state index < -0.39 is 5.54 Å². The van der Waals surface area contributed by atoms with Crippen LogP contribution in [0, 0.1) is 5.82 Å². The van der Waals surface area contributed by atoms with Crippen LogP contribution in [0.1, 0.15) is 25.7 Å². The lowest BCUT2D eigenvalue weighted by molar-refractivity contribution is 0.159. The molecule has 94 valence electrons. The smallest absolute Gasteiger partial charge is 0.124 e. The van der Waals surface area contributed by atoms with Gasteiger partial charge in [0.05, 0.1) is 6.61 Å². The minimum atomic E-state index is -0.441. The monoisotopic (exact) mass is 255 g/mol. The fraction of sp³-hybridized carbons (Fsp3) is 0.538. The average molecular weight is 255 g/mol. The predicted octanol–water partition coefficient (Wildman–Crippen LogP) is 2.55. The second-order valence-corrected chi connectivity index (χ2v) is 6.19. The minimum absolute atomic E-state index is 0.0349. The van der Waals surface area contributed by atoms with Crippen LogP contribution >= 0.6 is 11.8 Å². The Labute approximate surface area is 105 Å². The molecule has 4 heteroatoms. The SMILES string of the molecule is NC1(CO)CCCC(Sc2cccc(F)c2)C1. The van der Waals surface area contributed by atoms with E-state index in [1.54, 1.807) is 23.9 Å². The van der Waals surface area contributed by atoms with Gasteiger partial charge in [-0.3, -0.25) is 0 Å². The third-order valence-electron chi connectivity index (χ3n) is 3.25. The molecule has 2 nitrogen and oxygen atoms in total. The van der Waals surface area contributed by atoms with Crippen molar-refractivity contribution in [1.82, 2.24) is 0 Å². The molecule has 1 fully saturated rings. The van der Waals surface area contributed by atoms with Gasteiger partial charge in [-0.15, -0.1) is 11.8 Å². The fourth-order valence-corrected chi connectivity index (χ4v) is 3.74. The Morgan fingerprint density at radius 1 is 1.53 bits per heavy atom. The molecule has 2 rings (SSSR count). The van der Waals surface area contributed by atoms with Crippen molar-refractivity contribution in [2.75, 3.05) is 6.61 Å². The Hall–Kier alpha value is -0.580. The van der Waals surface area contributed by atoms with Gasteiger partial charge in [-0.1, -0.05) is 12.5 Å². The normalized spacial score (nSPS) is 29.2. The molecule has 0 bridgehead atoms. The van der Waals surface area contributed by atoms with Crippen molar-refractivity contribution in [2.24, 2.45) is 5.73 Å². The van der Waals surface area contributed by atoms with Crippen molar-refractivity contribution in [3.8, 4) is 0 Å². The first-order chi connectivity index (χ1) is 8.11. The van der Waals surface area contributed by atoms with Crippen LogP contribution in [0.4, 0.5) is 4.39 Å². The second-order valence-electron chi connectivity index (χ2n) is 4.81. The van der Waals surface area contributed by atoms with Crippen LogP contribution in [0.15, 0.2) is 29.2 Å². The molecule has 1 aromatic carbocycles. The van der Waals surface area contributed by atoms with E-state index in [0.717, 1.165) is 30.6 Å². The van der Waals surface area contributed by atoms with Crippen LogP contribution in [0.5, 0.6) is 0 Å². The zero-order valence-electron chi connectivity index (χ0n) is 9.73. The van der Waals surface area contributed by atoms with Crippen LogP contribution in [0.25, 0.3) is 0 Å². The summed E-state index contributed by atoms with van der Waals surface area (Å²) in [7, 11) is 0. The van der Waals surface area contributed by atoms with Crippen LogP contribution in [0.2, 0.25) is 0 Å². The molecule has 0 spiro atoms. The summed E-state index contributed by atoms with van der Waals surface area (Å²) in [6.45, 7) is 0.0349. The Balaban J connectivity index is 1.99. The number of rotatable bonds is 3. The largest absolute Gasteiger partial charge is 0.394 e. The summed E-state index contributed by atoms with van der Waals surface area (Å²) in [6.07, 6.45) is 3.79. The van der Waals surface area contributed by atoms with Gasteiger partial charge < -0.3 is 10.8 Å². The Morgan fingerprint density at radius 3 is 3.06 bits per heavy atom. The van der Waals surface area contributed by atoms with E-state index in [4.69, 9.17) is 5.73 Å². The van der Waals surface area contributed by atoms with Crippen molar-refractivity contribution < 1.29 is 9.50 Å². The molecule has 0 amide bonds. The van der Waals surface area contributed by atoms with Gasteiger partial charge in [-0.25, -0.2) is 4.39 Å². The van der Waals surface area contributed by atoms with Gasteiger partial charge in [-0.05, 0) is 37.5 Å². The zero-order valence-corrected chi connectivity index (χ0v) is 10.5. The van der Waals surface area contributed by atoms with Gasteiger partial charge in [0.1, 0.15) is 5.82 Å². The van der Waals surface area contributed by atoms with Crippen molar-refractivity contribution >= 4 is 11.8 Å². The molecule has 0 heterocycles. The molecule has 1 saturated carbocycles. The minimum Gasteiger partial charge on any atom is -0.394 e. The highest BCUT2D eigenvalue weighted by Crippen LogP contribution is 2.37. The van der Waals surface area contributed by atoms with Gasteiger partial charge in [0, 0.05) is 15.7 Å². The summed E-state index contributed by atoms with van der Waals surface area (Å²) in [5.41, 5.74) is 5.65. The fourth-order valence-electron chi connectivity index (χ4n) is 2.32. The Bertz CT molecular complexity index is 387. The van der Waals surface area contributed by atoms with E-state index in [0.29, 0.717) is 5.25 Å². The molecular formula is C13H18FNOS. The van der Waals surface area contributed by atoms with E-state index in [9.17, 15) is 9.50 Å². The molecule has 3 N–H and O–H groups in total. The molecule has 0 saturated heterocycles. The van der Waals surface area contributed by atoms with Gasteiger partial charge in [0.15, 0.2) is 0 Å². The number of thioether (sulfide) groups is 1. The molecule has 1 aliphatic carbocycles. The lowest BCUT2D eigenvalue weighted by Crippen LogP contribution is -2.48. The summed E-state index contributed by atoms with van der Waals surface area (Å²) in [6, 6.07) is 6.64. The highest BCUT2D eigenvalue weighted by Gasteiger charge is 2.32. The average Bonchev–Trinajstić information content (AvgIpc) is 2.29. The number of aliphatic hydroxyl groups is 1. The number of aliphatic hydroxyl groups excluding tert-OH is 1.